The molecule has 0 aliphatic rings. The highest BCUT2D eigenvalue weighted by Crippen LogP contribution is 2.07. The second-order valence-electron chi connectivity index (χ2n) is 3.02. The largest absolute Gasteiger partial charge is 0.375 e. The Morgan fingerprint density at radius 2 is 2.12 bits per heavy atom. The lowest BCUT2D eigenvalue weighted by Crippen LogP contribution is -2.35. The van der Waals surface area contributed by atoms with Crippen molar-refractivity contribution in [1.82, 2.24) is 10.6 Å². The molecule has 0 bridgehead atoms. The molecule has 88 valence electrons. The Morgan fingerprint density at radius 1 is 1.38 bits per heavy atom. The third kappa shape index (κ3) is 4.41. The van der Waals surface area contributed by atoms with Gasteiger partial charge in [0.15, 0.2) is 0 Å². The highest BCUT2D eigenvalue weighted by molar-refractivity contribution is 7.12. The van der Waals surface area contributed by atoms with Gasteiger partial charge in [0.25, 0.3) is 5.91 Å². The second-order valence-corrected chi connectivity index (χ2v) is 3.96. The Labute approximate surface area is 97.8 Å². The van der Waals surface area contributed by atoms with Crippen molar-refractivity contribution in [3.8, 4) is 0 Å². The Hall–Kier alpha value is -1.40. The Kier molecular flexibility index (Phi) is 5.52. The van der Waals surface area contributed by atoms with Crippen LogP contribution in [0, 0.1) is 0 Å². The van der Waals surface area contributed by atoms with Crippen LogP contribution in [0.1, 0.15) is 9.67 Å². The van der Waals surface area contributed by atoms with E-state index >= 15 is 0 Å². The van der Waals surface area contributed by atoms with Gasteiger partial charge in [0, 0.05) is 20.2 Å². The van der Waals surface area contributed by atoms with E-state index in [0.717, 1.165) is 0 Å². The van der Waals surface area contributed by atoms with Crippen molar-refractivity contribution >= 4 is 23.2 Å². The molecule has 2 amide bonds. The van der Waals surface area contributed by atoms with Crippen LogP contribution in [0.3, 0.4) is 0 Å². The number of ether oxygens (including phenoxy) is 1. The van der Waals surface area contributed by atoms with Gasteiger partial charge in [0.2, 0.25) is 5.91 Å². The van der Waals surface area contributed by atoms with Crippen LogP contribution in [-0.2, 0) is 9.53 Å². The molecule has 0 saturated carbocycles. The second kappa shape index (κ2) is 6.97. The van der Waals surface area contributed by atoms with Crippen LogP contribution in [0.4, 0.5) is 0 Å². The van der Waals surface area contributed by atoms with Crippen molar-refractivity contribution < 1.29 is 14.3 Å². The zero-order chi connectivity index (χ0) is 11.8. The standard InChI is InChI=1S/C10H14N2O3S/c1-15-7-9(13)11-4-5-12-10(14)8-3-2-6-16-8/h2-3,6H,4-5,7H2,1H3,(H,11,13)(H,12,14). The van der Waals surface area contributed by atoms with E-state index in [2.05, 4.69) is 15.4 Å². The minimum atomic E-state index is -0.187. The molecule has 0 atom stereocenters. The van der Waals surface area contributed by atoms with E-state index in [1.54, 1.807) is 6.07 Å². The fraction of sp³-hybridized carbons (Fsp3) is 0.400. The lowest BCUT2D eigenvalue weighted by Gasteiger charge is -2.05. The van der Waals surface area contributed by atoms with Crippen molar-refractivity contribution in [2.75, 3.05) is 26.8 Å². The summed E-state index contributed by atoms with van der Waals surface area (Å²) >= 11 is 1.38. The minimum Gasteiger partial charge on any atom is -0.375 e. The predicted molar refractivity (Wildman–Crippen MR) is 61.5 cm³/mol. The summed E-state index contributed by atoms with van der Waals surface area (Å²) in [7, 11) is 1.46. The van der Waals surface area contributed by atoms with Crippen LogP contribution in [0.2, 0.25) is 0 Å². The molecule has 1 heterocycles. The highest BCUT2D eigenvalue weighted by Gasteiger charge is 2.05. The smallest absolute Gasteiger partial charge is 0.261 e. The summed E-state index contributed by atoms with van der Waals surface area (Å²) in [5.41, 5.74) is 0. The molecule has 1 rings (SSSR count). The van der Waals surface area contributed by atoms with E-state index in [-0.39, 0.29) is 18.4 Å². The summed E-state index contributed by atoms with van der Waals surface area (Å²) in [5, 5.41) is 7.15. The first-order chi connectivity index (χ1) is 7.74. The number of carbonyl (C=O) groups is 2. The van der Waals surface area contributed by atoms with Gasteiger partial charge in [-0.25, -0.2) is 0 Å². The van der Waals surface area contributed by atoms with Crippen LogP contribution >= 0.6 is 11.3 Å². The fourth-order valence-electron chi connectivity index (χ4n) is 1.05. The molecule has 16 heavy (non-hydrogen) atoms. The maximum absolute atomic E-state index is 11.4. The molecule has 0 aliphatic heterocycles. The number of nitrogens with one attached hydrogen (secondary N) is 2. The van der Waals surface area contributed by atoms with Crippen molar-refractivity contribution in [2.24, 2.45) is 0 Å². The van der Waals surface area contributed by atoms with E-state index in [9.17, 15) is 9.59 Å². The van der Waals surface area contributed by atoms with Gasteiger partial charge < -0.3 is 15.4 Å². The average molecular weight is 242 g/mol. The molecule has 0 aromatic carbocycles. The van der Waals surface area contributed by atoms with Gasteiger partial charge in [-0.15, -0.1) is 11.3 Å². The Balaban J connectivity index is 2.12. The summed E-state index contributed by atoms with van der Waals surface area (Å²) in [6.07, 6.45) is 0. The SMILES string of the molecule is COCC(=O)NCCNC(=O)c1cccs1. The molecule has 1 aromatic rings. The molecule has 5 nitrogen and oxygen atoms in total. The van der Waals surface area contributed by atoms with E-state index in [1.165, 1.54) is 18.4 Å². The lowest BCUT2D eigenvalue weighted by molar-refractivity contribution is -0.124. The number of rotatable bonds is 6. The normalized spacial score (nSPS) is 9.81. The first-order valence-corrected chi connectivity index (χ1v) is 5.69. The summed E-state index contributed by atoms with van der Waals surface area (Å²) in [6.45, 7) is 0.852. The summed E-state index contributed by atoms with van der Waals surface area (Å²) < 4.78 is 4.64. The van der Waals surface area contributed by atoms with Crippen molar-refractivity contribution in [2.45, 2.75) is 0 Å². The fourth-order valence-corrected chi connectivity index (χ4v) is 1.70. The monoisotopic (exact) mass is 242 g/mol. The quantitative estimate of drug-likeness (QED) is 0.702. The first-order valence-electron chi connectivity index (χ1n) is 4.81. The molecule has 0 saturated heterocycles. The highest BCUT2D eigenvalue weighted by atomic mass is 32.1. The summed E-state index contributed by atoms with van der Waals surface area (Å²) in [6, 6.07) is 3.57. The van der Waals surface area contributed by atoms with Gasteiger partial charge >= 0.3 is 0 Å². The number of hydrogen-bond acceptors (Lipinski definition) is 4. The molecular formula is C10H14N2O3S. The molecule has 1 aromatic heterocycles. The van der Waals surface area contributed by atoms with Crippen LogP contribution < -0.4 is 10.6 Å². The molecule has 2 N–H and O–H groups in total. The van der Waals surface area contributed by atoms with E-state index in [4.69, 9.17) is 0 Å². The van der Waals surface area contributed by atoms with E-state index in [1.807, 2.05) is 11.4 Å². The third-order valence-corrected chi connectivity index (χ3v) is 2.62. The number of hydrogen-bond donors (Lipinski definition) is 2. The molecular weight excluding hydrogens is 228 g/mol. The van der Waals surface area contributed by atoms with Crippen LogP contribution in [-0.4, -0.2) is 38.6 Å². The molecule has 0 unspecified atom stereocenters. The summed E-state index contributed by atoms with van der Waals surface area (Å²) in [5.74, 6) is -0.302. The van der Waals surface area contributed by atoms with Crippen molar-refractivity contribution in [3.05, 3.63) is 22.4 Å². The Morgan fingerprint density at radius 3 is 2.75 bits per heavy atom. The van der Waals surface area contributed by atoms with Crippen molar-refractivity contribution in [3.63, 3.8) is 0 Å². The maximum Gasteiger partial charge on any atom is 0.261 e. The van der Waals surface area contributed by atoms with Gasteiger partial charge in [0.1, 0.15) is 6.61 Å². The summed E-state index contributed by atoms with van der Waals surface area (Å²) in [4.78, 5) is 23.1. The van der Waals surface area contributed by atoms with Crippen LogP contribution in [0.15, 0.2) is 17.5 Å². The van der Waals surface area contributed by atoms with Gasteiger partial charge in [-0.2, -0.15) is 0 Å². The first kappa shape index (κ1) is 12.7. The van der Waals surface area contributed by atoms with Gasteiger partial charge in [-0.05, 0) is 11.4 Å². The number of thiophene rings is 1. The van der Waals surface area contributed by atoms with Gasteiger partial charge in [-0.3, -0.25) is 9.59 Å². The van der Waals surface area contributed by atoms with Crippen molar-refractivity contribution in [1.29, 1.82) is 0 Å². The number of amides is 2. The average Bonchev–Trinajstić information content (AvgIpc) is 2.78. The molecule has 0 fully saturated rings. The Bertz CT molecular complexity index is 338. The van der Waals surface area contributed by atoms with Crippen LogP contribution in [0.5, 0.6) is 0 Å². The number of carbonyl (C=O) groups excluding carboxylic acids is 2. The van der Waals surface area contributed by atoms with Crippen LogP contribution in [0.25, 0.3) is 0 Å². The zero-order valence-corrected chi connectivity index (χ0v) is 9.80. The van der Waals surface area contributed by atoms with E-state index < -0.39 is 0 Å². The number of methoxy groups -OCH3 is 1. The van der Waals surface area contributed by atoms with Gasteiger partial charge in [0.05, 0.1) is 4.88 Å². The minimum absolute atomic E-state index is 0.0405. The lowest BCUT2D eigenvalue weighted by atomic mass is 10.4. The predicted octanol–water partition coefficient (Wildman–Crippen LogP) is 0.241. The van der Waals surface area contributed by atoms with E-state index in [0.29, 0.717) is 18.0 Å². The zero-order valence-electron chi connectivity index (χ0n) is 8.99. The topological polar surface area (TPSA) is 67.4 Å². The maximum atomic E-state index is 11.4. The third-order valence-electron chi connectivity index (χ3n) is 1.75. The molecule has 6 heteroatoms. The molecule has 0 spiro atoms. The molecule has 0 radical (unpaired) electrons. The molecule has 0 aliphatic carbocycles. The van der Waals surface area contributed by atoms with Gasteiger partial charge in [-0.1, -0.05) is 6.07 Å².